The van der Waals surface area contributed by atoms with Crippen molar-refractivity contribution in [3.63, 3.8) is 0 Å². The molecule has 0 aromatic carbocycles. The zero-order valence-electron chi connectivity index (χ0n) is 9.26. The van der Waals surface area contributed by atoms with Crippen LogP contribution in [0.4, 0.5) is 0 Å². The molecule has 2 saturated carbocycles. The van der Waals surface area contributed by atoms with E-state index in [1.807, 2.05) is 0 Å². The van der Waals surface area contributed by atoms with Crippen molar-refractivity contribution in [3.8, 4) is 0 Å². The maximum atomic E-state index is 3.72. The van der Waals surface area contributed by atoms with Crippen molar-refractivity contribution in [2.45, 2.75) is 50.1 Å². The molecule has 4 rings (SSSR count). The number of likely N-dealkylation sites (N-methyl/N-ethyl adjacent to an activating group) is 1. The summed E-state index contributed by atoms with van der Waals surface area (Å²) in [5.74, 6) is 1.02. The SMILES string of the molecule is CN(CC12CC(CN1)C2)C1CCCC1. The first-order valence-corrected chi connectivity index (χ1v) is 6.23. The van der Waals surface area contributed by atoms with Crippen LogP contribution in [-0.2, 0) is 0 Å². The van der Waals surface area contributed by atoms with E-state index in [1.165, 1.54) is 51.6 Å². The Morgan fingerprint density at radius 3 is 2.57 bits per heavy atom. The molecular weight excluding hydrogens is 172 g/mol. The summed E-state index contributed by atoms with van der Waals surface area (Å²) in [7, 11) is 2.33. The van der Waals surface area contributed by atoms with E-state index in [4.69, 9.17) is 0 Å². The van der Waals surface area contributed by atoms with Crippen LogP contribution >= 0.6 is 0 Å². The molecule has 2 aliphatic carbocycles. The van der Waals surface area contributed by atoms with E-state index in [-0.39, 0.29) is 0 Å². The van der Waals surface area contributed by atoms with Gasteiger partial charge >= 0.3 is 0 Å². The molecule has 0 spiro atoms. The topological polar surface area (TPSA) is 15.3 Å². The number of hydrogen-bond acceptors (Lipinski definition) is 2. The molecule has 2 aliphatic heterocycles. The zero-order valence-corrected chi connectivity index (χ0v) is 9.26. The summed E-state index contributed by atoms with van der Waals surface area (Å²) in [6.45, 7) is 2.59. The molecule has 0 radical (unpaired) electrons. The molecular formula is C12H22N2. The summed E-state index contributed by atoms with van der Waals surface area (Å²) in [6, 6.07) is 0.894. The lowest BCUT2D eigenvalue weighted by atomic mass is 9.73. The van der Waals surface area contributed by atoms with Crippen LogP contribution in [0.25, 0.3) is 0 Å². The average Bonchev–Trinajstić information content (AvgIpc) is 2.75. The molecule has 0 aromatic heterocycles. The number of nitrogens with zero attached hydrogens (tertiary/aromatic N) is 1. The smallest absolute Gasteiger partial charge is 0.0315 e. The van der Waals surface area contributed by atoms with Gasteiger partial charge in [0, 0.05) is 18.1 Å². The minimum atomic E-state index is 0.544. The van der Waals surface area contributed by atoms with Crippen molar-refractivity contribution in [2.75, 3.05) is 20.1 Å². The van der Waals surface area contributed by atoms with Gasteiger partial charge in [-0.2, -0.15) is 0 Å². The number of fused-ring (bicyclic) bond motifs is 1. The Balaban J connectivity index is 1.56. The van der Waals surface area contributed by atoms with E-state index >= 15 is 0 Å². The van der Waals surface area contributed by atoms with Crippen molar-refractivity contribution in [1.82, 2.24) is 10.2 Å². The van der Waals surface area contributed by atoms with Gasteiger partial charge in [-0.05, 0) is 45.2 Å². The van der Waals surface area contributed by atoms with E-state index in [1.54, 1.807) is 0 Å². The van der Waals surface area contributed by atoms with Gasteiger partial charge in [0.2, 0.25) is 0 Å². The van der Waals surface area contributed by atoms with Gasteiger partial charge in [0.05, 0.1) is 0 Å². The Hall–Kier alpha value is -0.0800. The zero-order chi connectivity index (χ0) is 9.60. The first-order chi connectivity index (χ1) is 6.77. The second-order valence-electron chi connectivity index (χ2n) is 5.79. The van der Waals surface area contributed by atoms with Gasteiger partial charge in [-0.1, -0.05) is 12.8 Å². The average molecular weight is 194 g/mol. The van der Waals surface area contributed by atoms with Crippen molar-refractivity contribution in [2.24, 2.45) is 5.92 Å². The van der Waals surface area contributed by atoms with Crippen LogP contribution in [0.1, 0.15) is 38.5 Å². The molecule has 14 heavy (non-hydrogen) atoms. The molecule has 2 saturated heterocycles. The van der Waals surface area contributed by atoms with Crippen LogP contribution in [0.2, 0.25) is 0 Å². The number of nitrogens with one attached hydrogen (secondary N) is 1. The summed E-state index contributed by atoms with van der Waals surface area (Å²) < 4.78 is 0. The predicted molar refractivity (Wildman–Crippen MR) is 58.3 cm³/mol. The Bertz CT molecular complexity index is 209. The second-order valence-corrected chi connectivity index (χ2v) is 5.79. The summed E-state index contributed by atoms with van der Waals surface area (Å²) >= 11 is 0. The standard InChI is InChI=1S/C12H22N2/c1-14(11-4-2-3-5-11)9-12-6-10(7-12)8-13-12/h10-11,13H,2-9H2,1H3. The van der Waals surface area contributed by atoms with Crippen LogP contribution in [0, 0.1) is 5.92 Å². The monoisotopic (exact) mass is 194 g/mol. The van der Waals surface area contributed by atoms with Gasteiger partial charge in [0.25, 0.3) is 0 Å². The van der Waals surface area contributed by atoms with Gasteiger partial charge in [-0.25, -0.2) is 0 Å². The fourth-order valence-corrected chi connectivity index (χ4v) is 3.83. The highest BCUT2D eigenvalue weighted by Crippen LogP contribution is 2.44. The third-order valence-electron chi connectivity index (χ3n) is 4.62. The first kappa shape index (κ1) is 9.17. The Morgan fingerprint density at radius 1 is 1.29 bits per heavy atom. The molecule has 0 atom stereocenters. The summed E-state index contributed by atoms with van der Waals surface area (Å²) in [5.41, 5.74) is 0.544. The molecule has 0 amide bonds. The fraction of sp³-hybridized carbons (Fsp3) is 1.00. The third kappa shape index (κ3) is 1.40. The predicted octanol–water partition coefficient (Wildman–Crippen LogP) is 1.61. The van der Waals surface area contributed by atoms with Crippen molar-refractivity contribution in [1.29, 1.82) is 0 Å². The lowest BCUT2D eigenvalue weighted by Gasteiger charge is -2.42. The first-order valence-electron chi connectivity index (χ1n) is 6.23. The lowest BCUT2D eigenvalue weighted by Crippen LogP contribution is -2.53. The van der Waals surface area contributed by atoms with E-state index in [0.717, 1.165) is 12.0 Å². The lowest BCUT2D eigenvalue weighted by molar-refractivity contribution is 0.124. The van der Waals surface area contributed by atoms with Crippen molar-refractivity contribution < 1.29 is 0 Å². The summed E-state index contributed by atoms with van der Waals surface area (Å²) in [6.07, 6.45) is 8.69. The van der Waals surface area contributed by atoms with E-state index in [2.05, 4.69) is 17.3 Å². The Labute approximate surface area is 87.0 Å². The quantitative estimate of drug-likeness (QED) is 0.734. The van der Waals surface area contributed by atoms with Crippen LogP contribution in [0.15, 0.2) is 0 Å². The van der Waals surface area contributed by atoms with Crippen LogP contribution in [0.5, 0.6) is 0 Å². The van der Waals surface area contributed by atoms with Gasteiger partial charge in [0.15, 0.2) is 0 Å². The molecule has 2 heterocycles. The molecule has 1 N–H and O–H groups in total. The van der Waals surface area contributed by atoms with Crippen LogP contribution in [0.3, 0.4) is 0 Å². The summed E-state index contributed by atoms with van der Waals surface area (Å²) in [4.78, 5) is 2.63. The Kier molecular flexibility index (Phi) is 2.10. The number of rotatable bonds is 3. The molecule has 4 aliphatic rings. The molecule has 80 valence electrons. The molecule has 2 nitrogen and oxygen atoms in total. The molecule has 0 unspecified atom stereocenters. The largest absolute Gasteiger partial charge is 0.310 e. The normalized spacial score (nSPS) is 42.0. The van der Waals surface area contributed by atoms with Gasteiger partial charge in [-0.15, -0.1) is 0 Å². The molecule has 2 bridgehead atoms. The highest BCUT2D eigenvalue weighted by atomic mass is 15.2. The second kappa shape index (κ2) is 3.21. The fourth-order valence-electron chi connectivity index (χ4n) is 3.83. The van der Waals surface area contributed by atoms with Gasteiger partial charge in [0.1, 0.15) is 0 Å². The van der Waals surface area contributed by atoms with E-state index in [0.29, 0.717) is 5.54 Å². The maximum absolute atomic E-state index is 3.72. The minimum Gasteiger partial charge on any atom is -0.310 e. The van der Waals surface area contributed by atoms with Gasteiger partial charge in [-0.3, -0.25) is 0 Å². The molecule has 0 aromatic rings. The van der Waals surface area contributed by atoms with Gasteiger partial charge < -0.3 is 10.2 Å². The molecule has 4 fully saturated rings. The van der Waals surface area contributed by atoms with Crippen LogP contribution < -0.4 is 5.32 Å². The third-order valence-corrected chi connectivity index (χ3v) is 4.62. The maximum Gasteiger partial charge on any atom is 0.0315 e. The Morgan fingerprint density at radius 2 is 2.00 bits per heavy atom. The van der Waals surface area contributed by atoms with Crippen molar-refractivity contribution >= 4 is 0 Å². The van der Waals surface area contributed by atoms with Crippen molar-refractivity contribution in [3.05, 3.63) is 0 Å². The summed E-state index contributed by atoms with van der Waals surface area (Å²) in [5, 5.41) is 3.72. The molecule has 2 heteroatoms. The highest BCUT2D eigenvalue weighted by Gasteiger charge is 2.50. The van der Waals surface area contributed by atoms with E-state index in [9.17, 15) is 0 Å². The highest BCUT2D eigenvalue weighted by molar-refractivity contribution is 5.10. The van der Waals surface area contributed by atoms with E-state index < -0.39 is 0 Å². The number of hydrogen-bond donors (Lipinski definition) is 1. The minimum absolute atomic E-state index is 0.544. The van der Waals surface area contributed by atoms with Crippen LogP contribution in [-0.4, -0.2) is 36.6 Å².